The molecule has 2 atom stereocenters. The highest BCUT2D eigenvalue weighted by molar-refractivity contribution is 5.90. The lowest BCUT2D eigenvalue weighted by Gasteiger charge is -2.23. The van der Waals surface area contributed by atoms with Crippen molar-refractivity contribution < 1.29 is 9.47 Å². The van der Waals surface area contributed by atoms with Crippen molar-refractivity contribution >= 4 is 17.0 Å². The van der Waals surface area contributed by atoms with Crippen molar-refractivity contribution in [2.45, 2.75) is 51.3 Å². The first kappa shape index (κ1) is 20.2. The Morgan fingerprint density at radius 2 is 2.19 bits per heavy atom. The number of nitrogens with zero attached hydrogens (tertiary/aromatic N) is 5. The zero-order valence-corrected chi connectivity index (χ0v) is 18.3. The molecule has 1 N–H and O–H groups in total. The molecule has 2 fully saturated rings. The maximum Gasteiger partial charge on any atom is 0.221 e. The molecule has 31 heavy (non-hydrogen) atoms. The van der Waals surface area contributed by atoms with Crippen LogP contribution < -0.4 is 10.1 Å². The van der Waals surface area contributed by atoms with Crippen molar-refractivity contribution in [1.82, 2.24) is 29.9 Å². The molecule has 1 unspecified atom stereocenters. The third-order valence-electron chi connectivity index (χ3n) is 6.25. The monoisotopic (exact) mass is 422 g/mol. The van der Waals surface area contributed by atoms with E-state index in [2.05, 4.69) is 23.1 Å². The fraction of sp³-hybridized carbons (Fsp3) is 0.522. The highest BCUT2D eigenvalue weighted by Crippen LogP contribution is 2.35. The lowest BCUT2D eigenvalue weighted by Crippen LogP contribution is -2.28. The summed E-state index contributed by atoms with van der Waals surface area (Å²) in [7, 11) is 1.92. The Hall–Kier alpha value is -2.71. The number of pyridine rings is 1. The van der Waals surface area contributed by atoms with E-state index in [-0.39, 0.29) is 6.23 Å². The summed E-state index contributed by atoms with van der Waals surface area (Å²) in [5.74, 6) is 0.751. The van der Waals surface area contributed by atoms with Gasteiger partial charge in [-0.2, -0.15) is 10.2 Å². The van der Waals surface area contributed by atoms with Crippen LogP contribution in [0.15, 0.2) is 18.8 Å². The minimum atomic E-state index is -0.0458. The van der Waals surface area contributed by atoms with Gasteiger partial charge in [0.2, 0.25) is 5.88 Å². The fourth-order valence-electron chi connectivity index (χ4n) is 4.66. The maximum absolute atomic E-state index is 6.23. The average Bonchev–Trinajstić information content (AvgIpc) is 3.50. The number of aromatic nitrogens is 5. The zero-order chi connectivity index (χ0) is 21.4. The van der Waals surface area contributed by atoms with Crippen LogP contribution in [0.25, 0.3) is 28.2 Å². The van der Waals surface area contributed by atoms with E-state index in [0.717, 1.165) is 78.3 Å². The molecule has 0 spiro atoms. The second-order valence-electron chi connectivity index (χ2n) is 8.44. The van der Waals surface area contributed by atoms with Crippen LogP contribution in [0.4, 0.5) is 0 Å². The fourth-order valence-corrected chi connectivity index (χ4v) is 4.66. The van der Waals surface area contributed by atoms with Crippen LogP contribution in [0, 0.1) is 6.92 Å². The van der Waals surface area contributed by atoms with Gasteiger partial charge in [-0.15, -0.1) is 0 Å². The predicted octanol–water partition coefficient (Wildman–Crippen LogP) is 3.61. The van der Waals surface area contributed by atoms with Crippen molar-refractivity contribution in [2.24, 2.45) is 7.05 Å². The third-order valence-corrected chi connectivity index (χ3v) is 6.25. The van der Waals surface area contributed by atoms with Crippen molar-refractivity contribution in [3.63, 3.8) is 0 Å². The van der Waals surface area contributed by atoms with Crippen LogP contribution in [0.5, 0.6) is 5.88 Å². The van der Waals surface area contributed by atoms with E-state index >= 15 is 0 Å². The van der Waals surface area contributed by atoms with Gasteiger partial charge in [0.1, 0.15) is 6.61 Å². The molecule has 0 aromatic carbocycles. The van der Waals surface area contributed by atoms with E-state index in [0.29, 0.717) is 12.6 Å². The van der Waals surface area contributed by atoms with Crippen molar-refractivity contribution in [3.8, 4) is 17.1 Å². The molecule has 5 rings (SSSR count). The number of aryl methyl sites for hydroxylation is 2. The Morgan fingerprint density at radius 3 is 2.94 bits per heavy atom. The molecule has 0 bridgehead atoms. The van der Waals surface area contributed by atoms with Crippen LogP contribution in [0.1, 0.15) is 49.7 Å². The second kappa shape index (κ2) is 8.43. The smallest absolute Gasteiger partial charge is 0.221 e. The van der Waals surface area contributed by atoms with E-state index in [4.69, 9.17) is 19.6 Å². The van der Waals surface area contributed by atoms with Gasteiger partial charge in [0.15, 0.2) is 6.23 Å². The molecule has 0 amide bonds. The highest BCUT2D eigenvalue weighted by Gasteiger charge is 2.24. The second-order valence-corrected chi connectivity index (χ2v) is 8.44. The SMILES string of the molecule is C=Cc1nn(C2CCCCO2)c2cnc(-c3c(C)nn(C)c3OC[C@H]3CCCN3)cc12. The van der Waals surface area contributed by atoms with Gasteiger partial charge in [0, 0.05) is 25.1 Å². The summed E-state index contributed by atoms with van der Waals surface area (Å²) in [6.07, 6.45) is 9.18. The van der Waals surface area contributed by atoms with Gasteiger partial charge >= 0.3 is 0 Å². The largest absolute Gasteiger partial charge is 0.476 e. The van der Waals surface area contributed by atoms with Crippen LogP contribution in [-0.2, 0) is 11.8 Å². The minimum absolute atomic E-state index is 0.0458. The summed E-state index contributed by atoms with van der Waals surface area (Å²) >= 11 is 0. The van der Waals surface area contributed by atoms with Gasteiger partial charge < -0.3 is 14.8 Å². The molecular formula is C23H30N6O2. The van der Waals surface area contributed by atoms with Gasteiger partial charge in [-0.3, -0.25) is 4.98 Å². The van der Waals surface area contributed by atoms with Crippen LogP contribution in [0.2, 0.25) is 0 Å². The number of ether oxygens (including phenoxy) is 2. The maximum atomic E-state index is 6.23. The van der Waals surface area contributed by atoms with E-state index in [1.807, 2.05) is 24.9 Å². The third kappa shape index (κ3) is 3.74. The zero-order valence-electron chi connectivity index (χ0n) is 18.3. The number of hydrogen-bond acceptors (Lipinski definition) is 6. The average molecular weight is 423 g/mol. The molecule has 8 heteroatoms. The first-order chi connectivity index (χ1) is 15.2. The van der Waals surface area contributed by atoms with E-state index in [1.54, 1.807) is 10.8 Å². The summed E-state index contributed by atoms with van der Waals surface area (Å²) in [6, 6.07) is 2.46. The normalized spacial score (nSPS) is 21.6. The molecule has 2 aliphatic heterocycles. The molecule has 164 valence electrons. The van der Waals surface area contributed by atoms with Crippen LogP contribution in [-0.4, -0.2) is 50.3 Å². The topological polar surface area (TPSA) is 79.0 Å². The molecular weight excluding hydrogens is 392 g/mol. The Balaban J connectivity index is 1.52. The molecule has 2 aliphatic rings. The molecule has 3 aromatic heterocycles. The molecule has 2 saturated heterocycles. The van der Waals surface area contributed by atoms with Crippen molar-refractivity contribution in [1.29, 1.82) is 0 Å². The van der Waals surface area contributed by atoms with Gasteiger partial charge in [-0.05, 0) is 57.7 Å². The molecule has 0 aliphatic carbocycles. The Kier molecular flexibility index (Phi) is 5.50. The summed E-state index contributed by atoms with van der Waals surface area (Å²) in [6.45, 7) is 8.42. The van der Waals surface area contributed by atoms with Gasteiger partial charge in [0.05, 0.1) is 34.4 Å². The minimum Gasteiger partial charge on any atom is -0.476 e. The predicted molar refractivity (Wildman–Crippen MR) is 120 cm³/mol. The number of fused-ring (bicyclic) bond motifs is 1. The molecule has 5 heterocycles. The Labute approximate surface area is 182 Å². The lowest BCUT2D eigenvalue weighted by atomic mass is 10.1. The van der Waals surface area contributed by atoms with E-state index < -0.39 is 0 Å². The van der Waals surface area contributed by atoms with E-state index in [1.165, 1.54) is 6.42 Å². The standard InChI is InChI=1S/C23H30N6O2/c1-4-18-17-12-19(25-13-20(17)29(27-18)21-9-5-6-11-30-21)22-15(2)26-28(3)23(22)31-14-16-8-7-10-24-16/h4,12-13,16,21,24H,1,5-11,14H2,2-3H3/t16-,21?/m1/s1. The van der Waals surface area contributed by atoms with Crippen molar-refractivity contribution in [2.75, 3.05) is 19.8 Å². The van der Waals surface area contributed by atoms with Gasteiger partial charge in [-0.1, -0.05) is 6.58 Å². The number of rotatable bonds is 6. The molecule has 8 nitrogen and oxygen atoms in total. The van der Waals surface area contributed by atoms with Crippen LogP contribution >= 0.6 is 0 Å². The Morgan fingerprint density at radius 1 is 1.29 bits per heavy atom. The summed E-state index contributed by atoms with van der Waals surface area (Å²) in [5.41, 5.74) is 4.46. The molecule has 3 aromatic rings. The van der Waals surface area contributed by atoms with Gasteiger partial charge in [0.25, 0.3) is 0 Å². The summed E-state index contributed by atoms with van der Waals surface area (Å²) in [5, 5.41) is 13.9. The summed E-state index contributed by atoms with van der Waals surface area (Å²) < 4.78 is 16.0. The van der Waals surface area contributed by atoms with Crippen LogP contribution in [0.3, 0.4) is 0 Å². The van der Waals surface area contributed by atoms with Gasteiger partial charge in [-0.25, -0.2) is 9.36 Å². The van der Waals surface area contributed by atoms with E-state index in [9.17, 15) is 0 Å². The number of hydrogen-bond donors (Lipinski definition) is 1. The highest BCUT2D eigenvalue weighted by atomic mass is 16.5. The molecule has 0 radical (unpaired) electrons. The molecule has 0 saturated carbocycles. The summed E-state index contributed by atoms with van der Waals surface area (Å²) in [4.78, 5) is 4.80. The lowest BCUT2D eigenvalue weighted by molar-refractivity contribution is -0.0367. The first-order valence-electron chi connectivity index (χ1n) is 11.2. The van der Waals surface area contributed by atoms with Crippen molar-refractivity contribution in [3.05, 3.63) is 30.2 Å². The first-order valence-corrected chi connectivity index (χ1v) is 11.2. The number of nitrogens with one attached hydrogen (secondary N) is 1. The quantitative estimate of drug-likeness (QED) is 0.654. The Bertz CT molecular complexity index is 1090.